The summed E-state index contributed by atoms with van der Waals surface area (Å²) >= 11 is 0. The van der Waals surface area contributed by atoms with Gasteiger partial charge in [0.1, 0.15) is 5.75 Å². The molecule has 0 bridgehead atoms. The number of piperazine rings is 1. The van der Waals surface area contributed by atoms with E-state index in [2.05, 4.69) is 16.9 Å². The molecule has 1 aromatic heterocycles. The molecule has 1 unspecified atom stereocenters. The van der Waals surface area contributed by atoms with Gasteiger partial charge in [-0.3, -0.25) is 0 Å². The summed E-state index contributed by atoms with van der Waals surface area (Å²) < 4.78 is 18.6. The molecule has 6 nitrogen and oxygen atoms in total. The summed E-state index contributed by atoms with van der Waals surface area (Å²) in [5.74, 6) is 0.241. The standard InChI is InChI=1S/C20H23FN4O2/c1-3-16-14-24(17-7-8-22-19(21)12-17)9-10-25(16)20(26)23-13-15-5-4-6-18(11-15)27-2/h3-8,11-12,16H,1,9-10,13-14H2,2H3,(H,23,26). The highest BCUT2D eigenvalue weighted by molar-refractivity contribution is 5.75. The van der Waals surface area contributed by atoms with Crippen LogP contribution in [-0.2, 0) is 6.54 Å². The second kappa shape index (κ2) is 8.53. The van der Waals surface area contributed by atoms with Crippen molar-refractivity contribution in [2.45, 2.75) is 12.6 Å². The minimum Gasteiger partial charge on any atom is -0.497 e. The predicted molar refractivity (Wildman–Crippen MR) is 102 cm³/mol. The Morgan fingerprint density at radius 2 is 2.26 bits per heavy atom. The van der Waals surface area contributed by atoms with Gasteiger partial charge in [0.2, 0.25) is 5.95 Å². The van der Waals surface area contributed by atoms with Gasteiger partial charge in [-0.05, 0) is 23.8 Å². The summed E-state index contributed by atoms with van der Waals surface area (Å²) in [6, 6.07) is 10.4. The van der Waals surface area contributed by atoms with Crippen LogP contribution in [0.3, 0.4) is 0 Å². The molecule has 1 aromatic carbocycles. The van der Waals surface area contributed by atoms with Crippen LogP contribution in [-0.4, -0.2) is 48.7 Å². The van der Waals surface area contributed by atoms with Crippen molar-refractivity contribution in [2.75, 3.05) is 31.6 Å². The van der Waals surface area contributed by atoms with Crippen molar-refractivity contribution in [3.63, 3.8) is 0 Å². The maximum atomic E-state index is 13.4. The fourth-order valence-electron chi connectivity index (χ4n) is 3.15. The molecule has 1 fully saturated rings. The second-order valence-corrected chi connectivity index (χ2v) is 6.29. The highest BCUT2D eigenvalue weighted by Crippen LogP contribution is 2.20. The molecule has 1 aliphatic heterocycles. The van der Waals surface area contributed by atoms with E-state index in [1.54, 1.807) is 24.2 Å². The number of nitrogens with zero attached hydrogens (tertiary/aromatic N) is 3. The van der Waals surface area contributed by atoms with Crippen molar-refractivity contribution < 1.29 is 13.9 Å². The van der Waals surface area contributed by atoms with E-state index in [-0.39, 0.29) is 12.1 Å². The fourth-order valence-corrected chi connectivity index (χ4v) is 3.15. The molecule has 2 heterocycles. The topological polar surface area (TPSA) is 57.7 Å². The molecule has 0 spiro atoms. The number of hydrogen-bond donors (Lipinski definition) is 1. The summed E-state index contributed by atoms with van der Waals surface area (Å²) in [5.41, 5.74) is 1.72. The van der Waals surface area contributed by atoms with Crippen LogP contribution in [0, 0.1) is 5.95 Å². The Bertz CT molecular complexity index is 814. The first-order chi connectivity index (χ1) is 13.1. The van der Waals surface area contributed by atoms with E-state index in [1.807, 2.05) is 29.2 Å². The average molecular weight is 370 g/mol. The Morgan fingerprint density at radius 1 is 1.41 bits per heavy atom. The molecule has 7 heteroatoms. The zero-order valence-electron chi connectivity index (χ0n) is 15.3. The molecule has 3 rings (SSSR count). The Kier molecular flexibility index (Phi) is 5.90. The third-order valence-electron chi connectivity index (χ3n) is 4.60. The lowest BCUT2D eigenvalue weighted by molar-refractivity contribution is 0.179. The molecular formula is C20H23FN4O2. The number of halogens is 1. The van der Waals surface area contributed by atoms with Crippen LogP contribution in [0.1, 0.15) is 5.56 Å². The molecule has 1 aliphatic rings. The first-order valence-electron chi connectivity index (χ1n) is 8.77. The quantitative estimate of drug-likeness (QED) is 0.650. The van der Waals surface area contributed by atoms with Crippen LogP contribution in [0.5, 0.6) is 5.75 Å². The number of carbonyl (C=O) groups is 1. The van der Waals surface area contributed by atoms with Gasteiger partial charge in [-0.25, -0.2) is 9.78 Å². The largest absolute Gasteiger partial charge is 0.497 e. The molecular weight excluding hydrogens is 347 g/mol. The number of nitrogens with one attached hydrogen (secondary N) is 1. The number of anilines is 1. The normalized spacial score (nSPS) is 16.7. The minimum atomic E-state index is -0.513. The molecule has 142 valence electrons. The molecule has 0 saturated carbocycles. The molecule has 2 aromatic rings. The van der Waals surface area contributed by atoms with Gasteiger partial charge in [-0.15, -0.1) is 6.58 Å². The first kappa shape index (κ1) is 18.7. The number of aromatic nitrogens is 1. The Labute approximate surface area is 158 Å². The second-order valence-electron chi connectivity index (χ2n) is 6.29. The van der Waals surface area contributed by atoms with E-state index in [4.69, 9.17) is 4.74 Å². The lowest BCUT2D eigenvalue weighted by Crippen LogP contribution is -2.57. The number of pyridine rings is 1. The van der Waals surface area contributed by atoms with Crippen LogP contribution in [0.25, 0.3) is 0 Å². The molecule has 27 heavy (non-hydrogen) atoms. The molecule has 0 radical (unpaired) electrons. The summed E-state index contributed by atoms with van der Waals surface area (Å²) in [6.07, 6.45) is 3.19. The highest BCUT2D eigenvalue weighted by Gasteiger charge is 2.28. The molecule has 0 aliphatic carbocycles. The van der Waals surface area contributed by atoms with Gasteiger partial charge in [-0.1, -0.05) is 18.2 Å². The van der Waals surface area contributed by atoms with Gasteiger partial charge >= 0.3 is 6.03 Å². The molecule has 1 N–H and O–H groups in total. The number of ether oxygens (including phenoxy) is 1. The SMILES string of the molecule is C=CC1CN(c2ccnc(F)c2)CCN1C(=O)NCc1cccc(OC)c1. The van der Waals surface area contributed by atoms with Crippen LogP contribution in [0.2, 0.25) is 0 Å². The zero-order chi connectivity index (χ0) is 19.2. The smallest absolute Gasteiger partial charge is 0.318 e. The van der Waals surface area contributed by atoms with Crippen LogP contribution < -0.4 is 15.0 Å². The zero-order valence-corrected chi connectivity index (χ0v) is 15.3. The van der Waals surface area contributed by atoms with Gasteiger partial charge in [0.25, 0.3) is 0 Å². The van der Waals surface area contributed by atoms with Gasteiger partial charge in [0, 0.05) is 44.1 Å². The van der Waals surface area contributed by atoms with Crippen molar-refractivity contribution in [1.82, 2.24) is 15.2 Å². The number of amides is 2. The van der Waals surface area contributed by atoms with Gasteiger partial charge in [0.15, 0.2) is 0 Å². The van der Waals surface area contributed by atoms with Gasteiger partial charge in [0.05, 0.1) is 13.2 Å². The van der Waals surface area contributed by atoms with Crippen molar-refractivity contribution >= 4 is 11.7 Å². The third kappa shape index (κ3) is 4.55. The van der Waals surface area contributed by atoms with E-state index >= 15 is 0 Å². The number of urea groups is 1. The van der Waals surface area contributed by atoms with Gasteiger partial charge < -0.3 is 19.9 Å². The lowest BCUT2D eigenvalue weighted by Gasteiger charge is -2.41. The molecule has 1 atom stereocenters. The Balaban J connectivity index is 1.61. The number of carbonyl (C=O) groups excluding carboxylic acids is 1. The molecule has 1 saturated heterocycles. The van der Waals surface area contributed by atoms with E-state index < -0.39 is 5.95 Å². The van der Waals surface area contributed by atoms with Crippen LogP contribution in [0.4, 0.5) is 14.9 Å². The molecule has 2 amide bonds. The van der Waals surface area contributed by atoms with E-state index in [1.165, 1.54) is 12.3 Å². The van der Waals surface area contributed by atoms with Crippen LogP contribution in [0.15, 0.2) is 55.3 Å². The number of methoxy groups -OCH3 is 1. The highest BCUT2D eigenvalue weighted by atomic mass is 19.1. The predicted octanol–water partition coefficient (Wildman–Crippen LogP) is 2.82. The summed E-state index contributed by atoms with van der Waals surface area (Å²) in [6.45, 7) is 5.95. The van der Waals surface area contributed by atoms with Crippen molar-refractivity contribution in [3.05, 3.63) is 66.8 Å². The van der Waals surface area contributed by atoms with Crippen LogP contribution >= 0.6 is 0 Å². The summed E-state index contributed by atoms with van der Waals surface area (Å²) in [5, 5.41) is 2.94. The number of rotatable bonds is 5. The van der Waals surface area contributed by atoms with Gasteiger partial charge in [-0.2, -0.15) is 4.39 Å². The number of benzene rings is 1. The monoisotopic (exact) mass is 370 g/mol. The fraction of sp³-hybridized carbons (Fsp3) is 0.300. The summed E-state index contributed by atoms with van der Waals surface area (Å²) in [7, 11) is 1.61. The van der Waals surface area contributed by atoms with E-state index in [0.29, 0.717) is 26.2 Å². The van der Waals surface area contributed by atoms with E-state index in [9.17, 15) is 9.18 Å². The Hall–Kier alpha value is -3.09. The first-order valence-corrected chi connectivity index (χ1v) is 8.77. The average Bonchev–Trinajstić information content (AvgIpc) is 2.71. The maximum absolute atomic E-state index is 13.4. The third-order valence-corrected chi connectivity index (χ3v) is 4.60. The maximum Gasteiger partial charge on any atom is 0.318 e. The minimum absolute atomic E-state index is 0.150. The number of hydrogen-bond acceptors (Lipinski definition) is 4. The van der Waals surface area contributed by atoms with Crippen molar-refractivity contribution in [3.8, 4) is 5.75 Å². The van der Waals surface area contributed by atoms with E-state index in [0.717, 1.165) is 17.0 Å². The van der Waals surface area contributed by atoms with Crippen molar-refractivity contribution in [2.24, 2.45) is 0 Å². The Morgan fingerprint density at radius 3 is 3.00 bits per heavy atom. The lowest BCUT2D eigenvalue weighted by atomic mass is 10.1. The summed E-state index contributed by atoms with van der Waals surface area (Å²) in [4.78, 5) is 20.0. The van der Waals surface area contributed by atoms with Crippen molar-refractivity contribution in [1.29, 1.82) is 0 Å².